The van der Waals surface area contributed by atoms with E-state index in [0.717, 1.165) is 12.3 Å². The zero-order valence-corrected chi connectivity index (χ0v) is 10.2. The van der Waals surface area contributed by atoms with Gasteiger partial charge >= 0.3 is 0 Å². The molecule has 4 nitrogen and oxygen atoms in total. The molecule has 0 aromatic carbocycles. The summed E-state index contributed by atoms with van der Waals surface area (Å²) in [5.41, 5.74) is 0.640. The fourth-order valence-corrected chi connectivity index (χ4v) is 2.70. The first kappa shape index (κ1) is 11.3. The molecule has 0 N–H and O–H groups in total. The van der Waals surface area contributed by atoms with E-state index >= 15 is 0 Å². The van der Waals surface area contributed by atoms with E-state index in [-0.39, 0.29) is 11.3 Å². The number of rotatable bonds is 2. The Morgan fingerprint density at radius 1 is 1.69 bits per heavy atom. The summed E-state index contributed by atoms with van der Waals surface area (Å²) in [4.78, 5) is 18.0. The van der Waals surface area contributed by atoms with Gasteiger partial charge in [-0.15, -0.1) is 11.8 Å². The van der Waals surface area contributed by atoms with Gasteiger partial charge in [0.15, 0.2) is 0 Å². The van der Waals surface area contributed by atoms with Crippen LogP contribution < -0.4 is 4.74 Å². The van der Waals surface area contributed by atoms with Crippen LogP contribution in [-0.4, -0.2) is 40.6 Å². The van der Waals surface area contributed by atoms with Crippen LogP contribution in [0.1, 0.15) is 17.3 Å². The maximum atomic E-state index is 12.2. The lowest BCUT2D eigenvalue weighted by Gasteiger charge is -2.20. The Balaban J connectivity index is 2.19. The second-order valence-electron chi connectivity index (χ2n) is 3.56. The highest BCUT2D eigenvalue weighted by Gasteiger charge is 2.26. The van der Waals surface area contributed by atoms with E-state index in [9.17, 15) is 4.79 Å². The van der Waals surface area contributed by atoms with Crippen molar-refractivity contribution in [3.63, 3.8) is 0 Å². The number of amides is 1. The molecule has 1 atom stereocenters. The smallest absolute Gasteiger partial charge is 0.255 e. The maximum Gasteiger partial charge on any atom is 0.255 e. The Kier molecular flexibility index (Phi) is 3.33. The Morgan fingerprint density at radius 3 is 3.12 bits per heavy atom. The van der Waals surface area contributed by atoms with Crippen molar-refractivity contribution in [2.24, 2.45) is 0 Å². The molecule has 0 aliphatic carbocycles. The van der Waals surface area contributed by atoms with Crippen molar-refractivity contribution in [1.29, 1.82) is 0 Å². The van der Waals surface area contributed by atoms with Gasteiger partial charge in [-0.2, -0.15) is 0 Å². The topological polar surface area (TPSA) is 42.4 Å². The number of aromatic nitrogens is 1. The highest BCUT2D eigenvalue weighted by Crippen LogP contribution is 2.25. The Morgan fingerprint density at radius 2 is 2.50 bits per heavy atom. The van der Waals surface area contributed by atoms with Crippen LogP contribution >= 0.6 is 11.8 Å². The van der Waals surface area contributed by atoms with E-state index in [4.69, 9.17) is 4.74 Å². The van der Waals surface area contributed by atoms with E-state index in [1.807, 2.05) is 11.8 Å². The molecule has 1 aliphatic rings. The van der Waals surface area contributed by atoms with E-state index in [2.05, 4.69) is 4.98 Å². The van der Waals surface area contributed by atoms with Crippen LogP contribution in [0.5, 0.6) is 5.88 Å². The van der Waals surface area contributed by atoms with Crippen LogP contribution in [0.4, 0.5) is 0 Å². The molecular formula is C11H14N2O2S. The molecule has 0 saturated carbocycles. The third-order valence-electron chi connectivity index (χ3n) is 2.58. The second-order valence-corrected chi connectivity index (χ2v) is 4.98. The van der Waals surface area contributed by atoms with Crippen molar-refractivity contribution in [2.45, 2.75) is 12.3 Å². The van der Waals surface area contributed by atoms with Gasteiger partial charge in [0, 0.05) is 30.1 Å². The van der Waals surface area contributed by atoms with Crippen LogP contribution in [-0.2, 0) is 0 Å². The number of hydrogen-bond acceptors (Lipinski definition) is 4. The molecule has 1 aliphatic heterocycles. The number of ether oxygens (including phenoxy) is 1. The number of hydrogen-bond donors (Lipinski definition) is 0. The monoisotopic (exact) mass is 238 g/mol. The quantitative estimate of drug-likeness (QED) is 0.785. The van der Waals surface area contributed by atoms with Gasteiger partial charge in [0.1, 0.15) is 0 Å². The van der Waals surface area contributed by atoms with Crippen LogP contribution in [0.2, 0.25) is 0 Å². The number of carbonyl (C=O) groups excluding carboxylic acids is 1. The van der Waals surface area contributed by atoms with Crippen LogP contribution in [0.3, 0.4) is 0 Å². The zero-order chi connectivity index (χ0) is 11.5. The minimum Gasteiger partial charge on any atom is -0.481 e. The Bertz CT molecular complexity index is 397. The van der Waals surface area contributed by atoms with Gasteiger partial charge < -0.3 is 9.64 Å². The molecule has 86 valence electrons. The predicted octanol–water partition coefficient (Wildman–Crippen LogP) is 1.63. The van der Waals surface area contributed by atoms with Crippen molar-refractivity contribution in [2.75, 3.05) is 19.4 Å². The van der Waals surface area contributed by atoms with Gasteiger partial charge in [0.2, 0.25) is 5.88 Å². The number of methoxy groups -OCH3 is 1. The van der Waals surface area contributed by atoms with Gasteiger partial charge in [-0.05, 0) is 13.0 Å². The van der Waals surface area contributed by atoms with E-state index < -0.39 is 0 Å². The summed E-state index contributed by atoms with van der Waals surface area (Å²) in [6.45, 7) is 2.86. The lowest BCUT2D eigenvalue weighted by Crippen LogP contribution is -2.33. The molecule has 1 saturated heterocycles. The molecule has 0 bridgehead atoms. The highest BCUT2D eigenvalue weighted by atomic mass is 32.2. The molecule has 0 radical (unpaired) electrons. The number of carbonyl (C=O) groups is 1. The van der Waals surface area contributed by atoms with Gasteiger partial charge in [-0.3, -0.25) is 4.79 Å². The Labute approximate surface area is 99.0 Å². The Hall–Kier alpha value is -1.23. The summed E-state index contributed by atoms with van der Waals surface area (Å²) in [5.74, 6) is 1.54. The third-order valence-corrected chi connectivity index (χ3v) is 3.74. The van der Waals surface area contributed by atoms with Crippen molar-refractivity contribution in [3.8, 4) is 5.88 Å². The van der Waals surface area contributed by atoms with Crippen molar-refractivity contribution < 1.29 is 9.53 Å². The molecule has 1 fully saturated rings. The second kappa shape index (κ2) is 4.74. The molecule has 2 rings (SSSR count). The van der Waals surface area contributed by atoms with Crippen LogP contribution in [0.15, 0.2) is 18.3 Å². The standard InChI is InChI=1S/C11H14N2O2S/c1-8-13(5-6-16-8)11(14)9-3-4-12-10(7-9)15-2/h3-4,7-8H,5-6H2,1-2H3. The van der Waals surface area contributed by atoms with Gasteiger partial charge in [-0.25, -0.2) is 4.98 Å². The minimum absolute atomic E-state index is 0.0539. The molecular weight excluding hydrogens is 224 g/mol. The summed E-state index contributed by atoms with van der Waals surface area (Å²) >= 11 is 1.80. The fraction of sp³-hybridized carbons (Fsp3) is 0.455. The van der Waals surface area contributed by atoms with Crippen molar-refractivity contribution in [3.05, 3.63) is 23.9 Å². The molecule has 16 heavy (non-hydrogen) atoms. The fourth-order valence-electron chi connectivity index (χ4n) is 1.68. The zero-order valence-electron chi connectivity index (χ0n) is 9.34. The molecule has 1 amide bonds. The minimum atomic E-state index is 0.0539. The molecule has 1 aromatic heterocycles. The van der Waals surface area contributed by atoms with Gasteiger partial charge in [0.25, 0.3) is 5.91 Å². The normalized spacial score (nSPS) is 19.9. The molecule has 1 unspecified atom stereocenters. The van der Waals surface area contributed by atoms with Gasteiger partial charge in [-0.1, -0.05) is 0 Å². The predicted molar refractivity (Wildman–Crippen MR) is 63.7 cm³/mol. The van der Waals surface area contributed by atoms with Crippen molar-refractivity contribution in [1.82, 2.24) is 9.88 Å². The summed E-state index contributed by atoms with van der Waals surface area (Å²) in [5, 5.41) is 0.256. The average Bonchev–Trinajstić information content (AvgIpc) is 2.74. The molecule has 2 heterocycles. The number of thioether (sulfide) groups is 1. The third kappa shape index (κ3) is 2.14. The lowest BCUT2D eigenvalue weighted by molar-refractivity contribution is 0.0768. The van der Waals surface area contributed by atoms with Gasteiger partial charge in [0.05, 0.1) is 12.5 Å². The average molecular weight is 238 g/mol. The van der Waals surface area contributed by atoms with E-state index in [1.54, 1.807) is 37.2 Å². The summed E-state index contributed by atoms with van der Waals surface area (Å²) in [7, 11) is 1.55. The first-order valence-electron chi connectivity index (χ1n) is 5.15. The first-order chi connectivity index (χ1) is 7.72. The molecule has 5 heteroatoms. The lowest BCUT2D eigenvalue weighted by atomic mass is 10.2. The first-order valence-corrected chi connectivity index (χ1v) is 6.20. The summed E-state index contributed by atoms with van der Waals surface area (Å²) in [6.07, 6.45) is 1.60. The summed E-state index contributed by atoms with van der Waals surface area (Å²) < 4.78 is 5.01. The van der Waals surface area contributed by atoms with Crippen LogP contribution in [0.25, 0.3) is 0 Å². The number of pyridine rings is 1. The van der Waals surface area contributed by atoms with E-state index in [0.29, 0.717) is 11.4 Å². The van der Waals surface area contributed by atoms with Crippen molar-refractivity contribution >= 4 is 17.7 Å². The molecule has 0 spiro atoms. The summed E-state index contributed by atoms with van der Waals surface area (Å²) in [6, 6.07) is 3.40. The largest absolute Gasteiger partial charge is 0.481 e. The van der Waals surface area contributed by atoms with E-state index in [1.165, 1.54) is 0 Å². The van der Waals surface area contributed by atoms with Crippen LogP contribution in [0, 0.1) is 0 Å². The molecule has 1 aromatic rings. The SMILES string of the molecule is COc1cc(C(=O)N2CCSC2C)ccn1. The highest BCUT2D eigenvalue weighted by molar-refractivity contribution is 8.00. The maximum absolute atomic E-state index is 12.2. The number of nitrogens with zero attached hydrogens (tertiary/aromatic N) is 2.